The van der Waals surface area contributed by atoms with E-state index >= 15 is 0 Å². The van der Waals surface area contributed by atoms with Crippen LogP contribution in [0.3, 0.4) is 0 Å². The first kappa shape index (κ1) is 65.0. The maximum absolute atomic E-state index is 13.9. The number of aliphatic carboxylic acids is 1. The third kappa shape index (κ3) is 25.0. The highest BCUT2D eigenvalue weighted by Gasteiger charge is 2.39. The molecule has 31 heteroatoms. The van der Waals surface area contributed by atoms with Crippen LogP contribution in [0, 0.1) is 5.92 Å². The first-order valence-corrected chi connectivity index (χ1v) is 24.0. The van der Waals surface area contributed by atoms with E-state index in [4.69, 9.17) is 40.1 Å². The average Bonchev–Trinajstić information content (AvgIpc) is 3.81. The Kier molecular flexibility index (Phi) is 28.0. The Morgan fingerprint density at radius 1 is 0.453 bits per heavy atom. The minimum Gasteiger partial charge on any atom is -0.480 e. The second-order valence-electron chi connectivity index (χ2n) is 18.4. The molecule has 1 fully saturated rings. The molecule has 1 heterocycles. The van der Waals surface area contributed by atoms with E-state index in [-0.39, 0.29) is 57.4 Å². The summed E-state index contributed by atoms with van der Waals surface area (Å²) in [6.45, 7) is 4.69. The summed E-state index contributed by atoms with van der Waals surface area (Å²) in [5, 5.41) is 26.1. The third-order valence-electron chi connectivity index (χ3n) is 11.5. The summed E-state index contributed by atoms with van der Waals surface area (Å²) >= 11 is 0. The summed E-state index contributed by atoms with van der Waals surface area (Å²) in [5.41, 5.74) is 37.4. The number of nitrogens with two attached hydrogens (primary N) is 7. The number of primary amides is 6. The lowest BCUT2D eigenvalue weighted by atomic mass is 10.0. The van der Waals surface area contributed by atoms with E-state index in [1.807, 2.05) is 0 Å². The van der Waals surface area contributed by atoms with Gasteiger partial charge in [-0.25, -0.2) is 4.79 Å². The fourth-order valence-electron chi connectivity index (χ4n) is 7.46. The van der Waals surface area contributed by atoms with E-state index in [1.165, 1.54) is 6.92 Å². The van der Waals surface area contributed by atoms with Crippen molar-refractivity contribution in [1.82, 2.24) is 42.1 Å². The number of likely N-dealkylation sites (tertiary alicyclic amines) is 1. The largest absolute Gasteiger partial charge is 0.480 e. The second kappa shape index (κ2) is 32.2. The molecular weight excluding hydrogens is 995 g/mol. The Bertz CT molecular complexity index is 2140. The van der Waals surface area contributed by atoms with Gasteiger partial charge < -0.3 is 87.4 Å². The van der Waals surface area contributed by atoms with Crippen molar-refractivity contribution in [3.8, 4) is 0 Å². The Balaban J connectivity index is 3.41. The van der Waals surface area contributed by atoms with E-state index < -0.39 is 194 Å². The van der Waals surface area contributed by atoms with Crippen molar-refractivity contribution in [2.45, 2.75) is 171 Å². The van der Waals surface area contributed by atoms with E-state index in [2.05, 4.69) is 37.2 Å². The maximum atomic E-state index is 13.9. The highest BCUT2D eigenvalue weighted by molar-refractivity contribution is 5.99. The van der Waals surface area contributed by atoms with E-state index in [0.717, 1.165) is 4.90 Å². The van der Waals surface area contributed by atoms with Gasteiger partial charge in [0, 0.05) is 45.1 Å². The van der Waals surface area contributed by atoms with Crippen LogP contribution in [0.15, 0.2) is 0 Å². The summed E-state index contributed by atoms with van der Waals surface area (Å²) in [5.74, 6) is -14.9. The van der Waals surface area contributed by atoms with Gasteiger partial charge in [0.05, 0.1) is 6.04 Å². The number of carbonyl (C=O) groups is 15. The topological polar surface area (TPSA) is 546 Å². The predicted molar refractivity (Wildman–Crippen MR) is 260 cm³/mol. The van der Waals surface area contributed by atoms with Gasteiger partial charge >= 0.3 is 5.97 Å². The van der Waals surface area contributed by atoms with Crippen LogP contribution in [0.5, 0.6) is 0 Å². The van der Waals surface area contributed by atoms with E-state index in [1.54, 1.807) is 13.8 Å². The quantitative estimate of drug-likeness (QED) is 0.0277. The monoisotopic (exact) mass is 1070 g/mol. The van der Waals surface area contributed by atoms with Crippen molar-refractivity contribution in [2.75, 3.05) is 6.54 Å². The Hall–Kier alpha value is -7.99. The van der Waals surface area contributed by atoms with Crippen molar-refractivity contribution < 1.29 is 77.0 Å². The molecule has 0 aromatic heterocycles. The zero-order chi connectivity index (χ0) is 57.3. The van der Waals surface area contributed by atoms with Crippen LogP contribution >= 0.6 is 0 Å². The summed E-state index contributed by atoms with van der Waals surface area (Å²) in [6.07, 6.45) is -4.85. The number of carbonyl (C=O) groups excluding carboxylic acids is 14. The van der Waals surface area contributed by atoms with Gasteiger partial charge in [-0.05, 0) is 70.6 Å². The van der Waals surface area contributed by atoms with Gasteiger partial charge in [0.15, 0.2) is 0 Å². The van der Waals surface area contributed by atoms with Crippen molar-refractivity contribution in [1.29, 1.82) is 0 Å². The minimum atomic E-state index is -1.75. The van der Waals surface area contributed by atoms with Crippen molar-refractivity contribution in [3.63, 3.8) is 0 Å². The highest BCUT2D eigenvalue weighted by atomic mass is 16.4. The number of amides is 14. The van der Waals surface area contributed by atoms with Gasteiger partial charge in [0.2, 0.25) is 82.7 Å². The molecule has 1 saturated heterocycles. The van der Waals surface area contributed by atoms with Crippen LogP contribution in [-0.4, -0.2) is 160 Å². The zero-order valence-electron chi connectivity index (χ0n) is 42.1. The lowest BCUT2D eigenvalue weighted by molar-refractivity contribution is -0.144. The molecule has 1 aliphatic rings. The second-order valence-corrected chi connectivity index (χ2v) is 18.4. The fourth-order valence-corrected chi connectivity index (χ4v) is 7.46. The van der Waals surface area contributed by atoms with E-state index in [0.29, 0.717) is 0 Å². The molecule has 14 amide bonds. The standard InChI is InChI=1S/C44H73N15O16/c1-20(2)19-28(44(74)75)58-41(71)27(11-17-35(51)65)57-42(72)29-5-4-18-59(29)43(73)21(3)52-37(67)23(7-13-31(47)61)54-39(69)25(9-15-33(49)63)56-40(70)26(10-16-34(50)64)55-38(68)24(8-14-32(48)62)53-36(66)22(45)6-12-30(46)60/h20-29H,4-19,45H2,1-3H3,(H2,46,60)(H2,47,61)(H2,48,62)(H2,49,63)(H2,50,64)(H2,51,65)(H,52,67)(H,53,66)(H,54,69)(H,55,68)(H,56,70)(H,57,72)(H,58,71)(H,74,75)/t21-,22-,23-,24-,25-,26-,27-,28-,29-/m0/s1. The number of hydrogen-bond acceptors (Lipinski definition) is 16. The Morgan fingerprint density at radius 2 is 0.760 bits per heavy atom. The third-order valence-corrected chi connectivity index (χ3v) is 11.5. The summed E-state index contributed by atoms with van der Waals surface area (Å²) < 4.78 is 0. The molecule has 0 bridgehead atoms. The molecule has 0 unspecified atom stereocenters. The maximum Gasteiger partial charge on any atom is 0.326 e. The predicted octanol–water partition coefficient (Wildman–Crippen LogP) is -7.56. The van der Waals surface area contributed by atoms with Gasteiger partial charge in [-0.2, -0.15) is 0 Å². The Morgan fingerprint density at radius 3 is 1.09 bits per heavy atom. The van der Waals surface area contributed by atoms with Crippen LogP contribution < -0.4 is 77.4 Å². The molecule has 0 aromatic carbocycles. The first-order chi connectivity index (χ1) is 34.9. The van der Waals surface area contributed by atoms with Gasteiger partial charge in [-0.15, -0.1) is 0 Å². The SMILES string of the molecule is CC(C)C[C@H](NC(=O)[C@H](CCC(N)=O)NC(=O)[C@@H]1CCCN1C(=O)[C@H](C)NC(=O)[C@H](CCC(N)=O)NC(=O)[C@H](CCC(N)=O)NC(=O)[C@H](CCC(N)=O)NC(=O)[C@H](CCC(N)=O)NC(=O)[C@@H](N)CCC(N)=O)C(=O)O. The fraction of sp³-hybridized carbons (Fsp3) is 0.659. The van der Waals surface area contributed by atoms with Crippen LogP contribution in [0.25, 0.3) is 0 Å². The number of nitrogens with one attached hydrogen (secondary N) is 7. The molecule has 420 valence electrons. The van der Waals surface area contributed by atoms with E-state index in [9.17, 15) is 77.0 Å². The van der Waals surface area contributed by atoms with Gasteiger partial charge in [0.25, 0.3) is 0 Å². The van der Waals surface area contributed by atoms with Gasteiger partial charge in [-0.1, -0.05) is 13.8 Å². The molecule has 0 spiro atoms. The molecule has 9 atom stereocenters. The molecule has 0 aliphatic carbocycles. The van der Waals surface area contributed by atoms with Crippen molar-refractivity contribution >= 4 is 88.7 Å². The molecule has 0 aromatic rings. The number of carboxylic acid groups (broad SMARTS) is 1. The van der Waals surface area contributed by atoms with Crippen LogP contribution in [0.1, 0.15) is 117 Å². The number of hydrogen-bond donors (Lipinski definition) is 15. The molecule has 75 heavy (non-hydrogen) atoms. The molecule has 0 radical (unpaired) electrons. The molecular formula is C44H73N15O16. The normalized spacial score (nSPS) is 16.2. The number of nitrogens with zero attached hydrogens (tertiary/aromatic N) is 1. The zero-order valence-corrected chi connectivity index (χ0v) is 42.1. The average molecular weight is 1070 g/mol. The number of carboxylic acids is 1. The van der Waals surface area contributed by atoms with Gasteiger partial charge in [-0.3, -0.25) is 67.1 Å². The van der Waals surface area contributed by atoms with Gasteiger partial charge in [0.1, 0.15) is 48.3 Å². The molecule has 31 nitrogen and oxygen atoms in total. The summed E-state index contributed by atoms with van der Waals surface area (Å²) in [7, 11) is 0. The number of rotatable bonds is 36. The molecule has 0 saturated carbocycles. The van der Waals surface area contributed by atoms with Crippen LogP contribution in [0.4, 0.5) is 0 Å². The van der Waals surface area contributed by atoms with Crippen LogP contribution in [0.2, 0.25) is 0 Å². The minimum absolute atomic E-state index is 0.00995. The molecule has 1 aliphatic heterocycles. The molecule has 22 N–H and O–H groups in total. The first-order valence-electron chi connectivity index (χ1n) is 24.0. The van der Waals surface area contributed by atoms with Crippen molar-refractivity contribution in [2.24, 2.45) is 46.1 Å². The molecule has 1 rings (SSSR count). The highest BCUT2D eigenvalue weighted by Crippen LogP contribution is 2.20. The van der Waals surface area contributed by atoms with Crippen molar-refractivity contribution in [3.05, 3.63) is 0 Å². The summed E-state index contributed by atoms with van der Waals surface area (Å²) in [6, 6.07) is -13.5. The lowest BCUT2D eigenvalue weighted by Crippen LogP contribution is -2.60. The smallest absolute Gasteiger partial charge is 0.326 e. The van der Waals surface area contributed by atoms with Crippen LogP contribution in [-0.2, 0) is 71.9 Å². The lowest BCUT2D eigenvalue weighted by Gasteiger charge is -2.30. The summed E-state index contributed by atoms with van der Waals surface area (Å²) in [4.78, 5) is 192. The Labute approximate surface area is 431 Å².